The summed E-state index contributed by atoms with van der Waals surface area (Å²) in [6, 6.07) is 0. The highest BCUT2D eigenvalue weighted by molar-refractivity contribution is 5.70. The summed E-state index contributed by atoms with van der Waals surface area (Å²) in [6.45, 7) is 3.12. The molecule has 1 N–H and O–H groups in total. The molecule has 1 fully saturated rings. The van der Waals surface area contributed by atoms with Gasteiger partial charge in [-0.25, -0.2) is 4.98 Å². The Balaban J connectivity index is 2.20. The van der Waals surface area contributed by atoms with Gasteiger partial charge in [0.2, 0.25) is 0 Å². The first-order valence-electron chi connectivity index (χ1n) is 5.96. The first-order chi connectivity index (χ1) is 8.61. The number of hydrogen-bond acceptors (Lipinski definition) is 4. The molecule has 1 aliphatic heterocycles. The minimum Gasteiger partial charge on any atom is -0.481 e. The van der Waals surface area contributed by atoms with Crippen LogP contribution in [-0.4, -0.2) is 39.6 Å². The van der Waals surface area contributed by atoms with Crippen molar-refractivity contribution in [3.63, 3.8) is 0 Å². The number of aliphatic carboxylic acids is 1. The zero-order chi connectivity index (χ0) is 13.1. The number of aldehydes is 1. The van der Waals surface area contributed by atoms with Gasteiger partial charge < -0.3 is 14.4 Å². The lowest BCUT2D eigenvalue weighted by atomic mass is 10.1. The molecule has 0 saturated carbocycles. The molecule has 0 amide bonds. The number of carbonyl (C=O) groups is 2. The Labute approximate surface area is 105 Å². The van der Waals surface area contributed by atoms with E-state index in [1.54, 1.807) is 11.5 Å². The molecule has 1 saturated heterocycles. The predicted molar refractivity (Wildman–Crippen MR) is 62.7 cm³/mol. The molecule has 6 nitrogen and oxygen atoms in total. The average molecular weight is 252 g/mol. The second-order valence-corrected chi connectivity index (χ2v) is 4.41. The fraction of sp³-hybridized carbons (Fsp3) is 0.583. The number of aryl methyl sites for hydroxylation is 1. The Hall–Kier alpha value is -1.69. The number of nitrogens with zero attached hydrogens (tertiary/aromatic N) is 2. The molecule has 0 unspecified atom stereocenters. The number of carboxylic acid groups (broad SMARTS) is 1. The standard InChI is InChI=1S/C12H16N2O4/c1-8-10(2-3-12(16)17)14(11(7-15)13-8)6-9-4-5-18-9/h7,9H,2-6H2,1H3,(H,16,17)/t9-/m0/s1. The molecule has 1 aromatic rings. The van der Waals surface area contributed by atoms with Gasteiger partial charge in [0, 0.05) is 12.3 Å². The summed E-state index contributed by atoms with van der Waals surface area (Å²) in [6.07, 6.45) is 2.20. The van der Waals surface area contributed by atoms with Crippen LogP contribution in [0, 0.1) is 6.92 Å². The van der Waals surface area contributed by atoms with Crippen molar-refractivity contribution in [3.8, 4) is 0 Å². The van der Waals surface area contributed by atoms with Gasteiger partial charge in [0.15, 0.2) is 12.1 Å². The fourth-order valence-corrected chi connectivity index (χ4v) is 2.10. The van der Waals surface area contributed by atoms with E-state index in [4.69, 9.17) is 9.84 Å². The molecule has 0 aromatic carbocycles. The van der Waals surface area contributed by atoms with Crippen LogP contribution in [0.1, 0.15) is 34.8 Å². The van der Waals surface area contributed by atoms with E-state index < -0.39 is 5.97 Å². The van der Waals surface area contributed by atoms with Crippen molar-refractivity contribution in [3.05, 3.63) is 17.2 Å². The Morgan fingerprint density at radius 2 is 2.39 bits per heavy atom. The third-order valence-electron chi connectivity index (χ3n) is 3.16. The monoisotopic (exact) mass is 252 g/mol. The summed E-state index contributed by atoms with van der Waals surface area (Å²) < 4.78 is 7.13. The molecule has 2 heterocycles. The number of carbonyl (C=O) groups excluding carboxylic acids is 1. The summed E-state index contributed by atoms with van der Waals surface area (Å²) in [4.78, 5) is 25.8. The molecule has 0 bridgehead atoms. The predicted octanol–water partition coefficient (Wildman–Crippen LogP) is 0.810. The lowest BCUT2D eigenvalue weighted by molar-refractivity contribution is -0.137. The number of ether oxygens (including phenoxy) is 1. The van der Waals surface area contributed by atoms with E-state index in [0.717, 1.165) is 24.4 Å². The lowest BCUT2D eigenvalue weighted by Gasteiger charge is -2.27. The van der Waals surface area contributed by atoms with E-state index in [9.17, 15) is 9.59 Å². The van der Waals surface area contributed by atoms with Crippen molar-refractivity contribution >= 4 is 12.3 Å². The van der Waals surface area contributed by atoms with E-state index in [1.165, 1.54) is 0 Å². The zero-order valence-electron chi connectivity index (χ0n) is 10.3. The molecule has 0 spiro atoms. The van der Waals surface area contributed by atoms with E-state index in [0.29, 0.717) is 25.1 Å². The SMILES string of the molecule is Cc1nc(C=O)n(C[C@@H]2CCO2)c1CCC(=O)O. The molecule has 1 atom stereocenters. The van der Waals surface area contributed by atoms with Crippen LogP contribution in [0.3, 0.4) is 0 Å². The van der Waals surface area contributed by atoms with Crippen LogP contribution in [0.2, 0.25) is 0 Å². The maximum Gasteiger partial charge on any atom is 0.303 e. The highest BCUT2D eigenvalue weighted by Gasteiger charge is 2.23. The second kappa shape index (κ2) is 5.30. The third-order valence-corrected chi connectivity index (χ3v) is 3.16. The van der Waals surface area contributed by atoms with Crippen LogP contribution in [0.4, 0.5) is 0 Å². The van der Waals surface area contributed by atoms with Crippen molar-refractivity contribution in [2.45, 2.75) is 38.8 Å². The minimum atomic E-state index is -0.852. The maximum atomic E-state index is 11.0. The summed E-state index contributed by atoms with van der Waals surface area (Å²) in [5.41, 5.74) is 1.53. The third kappa shape index (κ3) is 2.59. The van der Waals surface area contributed by atoms with E-state index in [-0.39, 0.29) is 12.5 Å². The van der Waals surface area contributed by atoms with Crippen molar-refractivity contribution < 1.29 is 19.4 Å². The Kier molecular flexibility index (Phi) is 3.76. The summed E-state index contributed by atoms with van der Waals surface area (Å²) >= 11 is 0. The molecule has 6 heteroatoms. The topological polar surface area (TPSA) is 81.4 Å². The van der Waals surface area contributed by atoms with E-state index >= 15 is 0 Å². The molecule has 1 aromatic heterocycles. The van der Waals surface area contributed by atoms with Gasteiger partial charge >= 0.3 is 5.97 Å². The highest BCUT2D eigenvalue weighted by Crippen LogP contribution is 2.19. The van der Waals surface area contributed by atoms with E-state index in [2.05, 4.69) is 4.98 Å². The van der Waals surface area contributed by atoms with Crippen LogP contribution < -0.4 is 0 Å². The van der Waals surface area contributed by atoms with Crippen LogP contribution in [0.15, 0.2) is 0 Å². The Morgan fingerprint density at radius 3 is 2.89 bits per heavy atom. The van der Waals surface area contributed by atoms with Crippen LogP contribution in [0.25, 0.3) is 0 Å². The number of rotatable bonds is 6. The van der Waals surface area contributed by atoms with Gasteiger partial charge in [0.25, 0.3) is 0 Å². The van der Waals surface area contributed by atoms with Gasteiger partial charge in [-0.1, -0.05) is 0 Å². The summed E-state index contributed by atoms with van der Waals surface area (Å²) in [7, 11) is 0. The summed E-state index contributed by atoms with van der Waals surface area (Å²) in [5.74, 6) is -0.502. The molecule has 1 aliphatic rings. The lowest BCUT2D eigenvalue weighted by Crippen LogP contribution is -2.32. The zero-order valence-corrected chi connectivity index (χ0v) is 10.3. The van der Waals surface area contributed by atoms with Gasteiger partial charge in [-0.15, -0.1) is 0 Å². The molecular formula is C12H16N2O4. The van der Waals surface area contributed by atoms with Crippen LogP contribution in [-0.2, 0) is 22.5 Å². The number of carboxylic acids is 1. The molecular weight excluding hydrogens is 236 g/mol. The van der Waals surface area contributed by atoms with Gasteiger partial charge in [-0.2, -0.15) is 0 Å². The van der Waals surface area contributed by atoms with Crippen LogP contribution >= 0.6 is 0 Å². The first kappa shape index (κ1) is 12.8. The van der Waals surface area contributed by atoms with Crippen LogP contribution in [0.5, 0.6) is 0 Å². The minimum absolute atomic E-state index is 0.0380. The van der Waals surface area contributed by atoms with Crippen molar-refractivity contribution in [1.29, 1.82) is 0 Å². The molecule has 2 rings (SSSR count). The normalized spacial score (nSPS) is 18.4. The second-order valence-electron chi connectivity index (χ2n) is 4.41. The Bertz CT molecular complexity index is 463. The molecule has 18 heavy (non-hydrogen) atoms. The number of aromatic nitrogens is 2. The smallest absolute Gasteiger partial charge is 0.303 e. The Morgan fingerprint density at radius 1 is 1.67 bits per heavy atom. The molecule has 0 aliphatic carbocycles. The molecule has 0 radical (unpaired) electrons. The largest absolute Gasteiger partial charge is 0.481 e. The van der Waals surface area contributed by atoms with Gasteiger partial charge in [-0.05, 0) is 19.8 Å². The van der Waals surface area contributed by atoms with Crippen molar-refractivity contribution in [1.82, 2.24) is 9.55 Å². The molecule has 98 valence electrons. The van der Waals surface area contributed by atoms with Gasteiger partial charge in [-0.3, -0.25) is 9.59 Å². The highest BCUT2D eigenvalue weighted by atomic mass is 16.5. The number of hydrogen-bond donors (Lipinski definition) is 1. The fourth-order valence-electron chi connectivity index (χ4n) is 2.10. The van der Waals surface area contributed by atoms with Gasteiger partial charge in [0.05, 0.1) is 24.8 Å². The van der Waals surface area contributed by atoms with E-state index in [1.807, 2.05) is 0 Å². The number of imidazole rings is 1. The maximum absolute atomic E-state index is 11.0. The van der Waals surface area contributed by atoms with Crippen molar-refractivity contribution in [2.24, 2.45) is 0 Å². The van der Waals surface area contributed by atoms with Gasteiger partial charge in [0.1, 0.15) is 0 Å². The average Bonchev–Trinajstić information content (AvgIpc) is 2.57. The quantitative estimate of drug-likeness (QED) is 0.758. The summed E-state index contributed by atoms with van der Waals surface area (Å²) in [5, 5.41) is 8.74. The first-order valence-corrected chi connectivity index (χ1v) is 5.96. The van der Waals surface area contributed by atoms with Crippen molar-refractivity contribution in [2.75, 3.05) is 6.61 Å².